The van der Waals surface area contributed by atoms with E-state index in [1.54, 1.807) is 55.5 Å². The largest absolute Gasteiger partial charge is 0.484 e. The molecule has 3 aromatic rings. The van der Waals surface area contributed by atoms with E-state index in [4.69, 9.17) is 4.74 Å². The van der Waals surface area contributed by atoms with E-state index < -0.39 is 10.0 Å². The number of hydrogen-bond acceptors (Lipinski definition) is 4. The van der Waals surface area contributed by atoms with Gasteiger partial charge in [0.05, 0.1) is 10.6 Å². The highest BCUT2D eigenvalue weighted by Gasteiger charge is 2.23. The smallest absolute Gasteiger partial charge is 0.264 e. The van der Waals surface area contributed by atoms with Gasteiger partial charge in [0.25, 0.3) is 15.9 Å². The quantitative estimate of drug-likeness (QED) is 0.530. The Morgan fingerprint density at radius 2 is 1.56 bits per heavy atom. The van der Waals surface area contributed by atoms with Gasteiger partial charge < -0.3 is 10.1 Å². The van der Waals surface area contributed by atoms with Gasteiger partial charge in [-0.2, -0.15) is 0 Å². The summed E-state index contributed by atoms with van der Waals surface area (Å²) in [6.07, 6.45) is 0. The van der Waals surface area contributed by atoms with Crippen molar-refractivity contribution in [2.24, 2.45) is 0 Å². The van der Waals surface area contributed by atoms with Gasteiger partial charge in [-0.1, -0.05) is 23.8 Å². The maximum atomic E-state index is 13.0. The third-order valence-corrected chi connectivity index (χ3v) is 7.10. The van der Waals surface area contributed by atoms with Crippen LogP contribution in [0.2, 0.25) is 0 Å². The zero-order valence-electron chi connectivity index (χ0n) is 18.8. The van der Waals surface area contributed by atoms with Gasteiger partial charge >= 0.3 is 0 Å². The van der Waals surface area contributed by atoms with Crippen molar-refractivity contribution in [3.05, 3.63) is 83.4 Å². The number of anilines is 2. The fourth-order valence-electron chi connectivity index (χ4n) is 3.20. The summed E-state index contributed by atoms with van der Waals surface area (Å²) in [5.41, 5.74) is 4.50. The second kappa shape index (κ2) is 9.87. The van der Waals surface area contributed by atoms with Crippen molar-refractivity contribution in [1.82, 2.24) is 0 Å². The number of carbonyl (C=O) groups is 1. The Balaban J connectivity index is 1.65. The normalized spacial score (nSPS) is 11.1. The minimum Gasteiger partial charge on any atom is -0.484 e. The first-order valence-corrected chi connectivity index (χ1v) is 11.8. The number of nitrogens with zero attached hydrogens (tertiary/aromatic N) is 1. The molecule has 0 spiro atoms. The first-order valence-electron chi connectivity index (χ1n) is 10.4. The molecule has 0 aliphatic carbocycles. The number of aryl methyl sites for hydroxylation is 3. The molecule has 0 fully saturated rings. The van der Waals surface area contributed by atoms with Gasteiger partial charge in [-0.05, 0) is 87.4 Å². The maximum Gasteiger partial charge on any atom is 0.264 e. The topological polar surface area (TPSA) is 75.7 Å². The summed E-state index contributed by atoms with van der Waals surface area (Å²) in [6.45, 7) is 7.84. The van der Waals surface area contributed by atoms with E-state index in [2.05, 4.69) is 5.32 Å². The Kier molecular flexibility index (Phi) is 7.20. The van der Waals surface area contributed by atoms with Crippen LogP contribution in [0.25, 0.3) is 0 Å². The summed E-state index contributed by atoms with van der Waals surface area (Å²) in [6, 6.07) is 19.2. The van der Waals surface area contributed by atoms with Crippen LogP contribution in [0.3, 0.4) is 0 Å². The van der Waals surface area contributed by atoms with E-state index in [0.29, 0.717) is 11.4 Å². The van der Waals surface area contributed by atoms with Gasteiger partial charge in [0.2, 0.25) is 0 Å². The number of sulfonamides is 1. The average Bonchev–Trinajstić information content (AvgIpc) is 2.76. The third kappa shape index (κ3) is 5.48. The number of hydrogen-bond donors (Lipinski definition) is 1. The lowest BCUT2D eigenvalue weighted by atomic mass is 10.1. The molecule has 3 rings (SSSR count). The molecule has 0 aliphatic rings. The minimum atomic E-state index is -3.67. The molecule has 0 saturated carbocycles. The van der Waals surface area contributed by atoms with Crippen molar-refractivity contribution in [3.8, 4) is 5.75 Å². The molecule has 1 N–H and O–H groups in total. The molecular formula is C25H28N2O4S. The van der Waals surface area contributed by atoms with E-state index >= 15 is 0 Å². The number of ether oxygens (including phenoxy) is 1. The van der Waals surface area contributed by atoms with Crippen LogP contribution in [-0.4, -0.2) is 27.5 Å². The molecule has 1 amide bonds. The summed E-state index contributed by atoms with van der Waals surface area (Å²) in [7, 11) is -3.67. The number of carbonyl (C=O) groups excluding carboxylic acids is 1. The number of rotatable bonds is 8. The van der Waals surface area contributed by atoms with Crippen LogP contribution in [0, 0.1) is 20.8 Å². The molecule has 7 heteroatoms. The van der Waals surface area contributed by atoms with Crippen LogP contribution in [0.1, 0.15) is 23.6 Å². The Morgan fingerprint density at radius 3 is 2.16 bits per heavy atom. The van der Waals surface area contributed by atoms with Gasteiger partial charge in [0.15, 0.2) is 6.61 Å². The summed E-state index contributed by atoms with van der Waals surface area (Å²) >= 11 is 0. The number of amides is 1. The molecule has 0 saturated heterocycles. The predicted molar refractivity (Wildman–Crippen MR) is 128 cm³/mol. The first-order chi connectivity index (χ1) is 15.2. The van der Waals surface area contributed by atoms with Crippen LogP contribution < -0.4 is 14.4 Å². The van der Waals surface area contributed by atoms with Gasteiger partial charge in [-0.3, -0.25) is 9.10 Å². The van der Waals surface area contributed by atoms with Crippen molar-refractivity contribution in [3.63, 3.8) is 0 Å². The molecule has 3 aromatic carbocycles. The molecule has 0 aliphatic heterocycles. The highest BCUT2D eigenvalue weighted by molar-refractivity contribution is 7.92. The zero-order valence-corrected chi connectivity index (χ0v) is 19.6. The number of nitrogens with one attached hydrogen (secondary N) is 1. The zero-order chi connectivity index (χ0) is 23.3. The maximum absolute atomic E-state index is 13.0. The van der Waals surface area contributed by atoms with E-state index in [9.17, 15) is 13.2 Å². The van der Waals surface area contributed by atoms with Crippen molar-refractivity contribution in [1.29, 1.82) is 0 Å². The van der Waals surface area contributed by atoms with Crippen molar-refractivity contribution in [2.75, 3.05) is 22.8 Å². The lowest BCUT2D eigenvalue weighted by Gasteiger charge is -2.23. The van der Waals surface area contributed by atoms with E-state index in [1.807, 2.05) is 39.0 Å². The summed E-state index contributed by atoms with van der Waals surface area (Å²) in [4.78, 5) is 12.4. The Labute approximate surface area is 189 Å². The Hall–Kier alpha value is -3.32. The second-order valence-electron chi connectivity index (χ2n) is 7.61. The standard InChI is InChI=1S/C25H28N2O4S/c1-5-27(32(29,30)24-14-6-18(2)7-15-24)22-10-12-23(13-11-22)31-17-25(28)26-21-9-8-19(3)20(4)16-21/h6-16H,5,17H2,1-4H3,(H,26,28). The fraction of sp³-hybridized carbons (Fsp3) is 0.240. The molecule has 0 radical (unpaired) electrons. The van der Waals surface area contributed by atoms with Crippen LogP contribution in [0.4, 0.5) is 11.4 Å². The fourth-order valence-corrected chi connectivity index (χ4v) is 4.68. The third-order valence-electron chi connectivity index (χ3n) is 5.18. The number of benzene rings is 3. The van der Waals surface area contributed by atoms with Crippen LogP contribution >= 0.6 is 0 Å². The summed E-state index contributed by atoms with van der Waals surface area (Å²) < 4.78 is 33.0. The van der Waals surface area contributed by atoms with E-state index in [1.165, 1.54) is 4.31 Å². The predicted octanol–water partition coefficient (Wildman–Crippen LogP) is 4.84. The van der Waals surface area contributed by atoms with Gasteiger partial charge in [0, 0.05) is 12.2 Å². The molecule has 168 valence electrons. The highest BCUT2D eigenvalue weighted by Crippen LogP contribution is 2.26. The van der Waals surface area contributed by atoms with Crippen molar-refractivity contribution >= 4 is 27.3 Å². The summed E-state index contributed by atoms with van der Waals surface area (Å²) in [5.74, 6) is 0.210. The van der Waals surface area contributed by atoms with Gasteiger partial charge in [-0.15, -0.1) is 0 Å². The van der Waals surface area contributed by atoms with Crippen LogP contribution in [-0.2, 0) is 14.8 Å². The molecule has 0 heterocycles. The average molecular weight is 453 g/mol. The first kappa shape index (κ1) is 23.3. The summed E-state index contributed by atoms with van der Waals surface area (Å²) in [5, 5.41) is 2.81. The lowest BCUT2D eigenvalue weighted by Crippen LogP contribution is -2.30. The molecule has 0 bridgehead atoms. The molecule has 32 heavy (non-hydrogen) atoms. The monoisotopic (exact) mass is 452 g/mol. The molecule has 0 unspecified atom stereocenters. The second-order valence-corrected chi connectivity index (χ2v) is 9.47. The lowest BCUT2D eigenvalue weighted by molar-refractivity contribution is -0.118. The molecule has 0 aromatic heterocycles. The van der Waals surface area contributed by atoms with E-state index in [-0.39, 0.29) is 24.0 Å². The SMILES string of the molecule is CCN(c1ccc(OCC(=O)Nc2ccc(C)c(C)c2)cc1)S(=O)(=O)c1ccc(C)cc1. The van der Waals surface area contributed by atoms with Crippen LogP contribution in [0.5, 0.6) is 5.75 Å². The Morgan fingerprint density at radius 1 is 0.906 bits per heavy atom. The van der Waals surface area contributed by atoms with Gasteiger partial charge in [-0.25, -0.2) is 8.42 Å². The van der Waals surface area contributed by atoms with Crippen molar-refractivity contribution < 1.29 is 17.9 Å². The molecule has 0 atom stereocenters. The highest BCUT2D eigenvalue weighted by atomic mass is 32.2. The Bertz CT molecular complexity index is 1190. The molecule has 6 nitrogen and oxygen atoms in total. The molecular weight excluding hydrogens is 424 g/mol. The van der Waals surface area contributed by atoms with Gasteiger partial charge in [0.1, 0.15) is 5.75 Å². The van der Waals surface area contributed by atoms with Crippen LogP contribution in [0.15, 0.2) is 71.6 Å². The van der Waals surface area contributed by atoms with E-state index in [0.717, 1.165) is 22.4 Å². The minimum absolute atomic E-state index is 0.147. The van der Waals surface area contributed by atoms with Crippen molar-refractivity contribution in [2.45, 2.75) is 32.6 Å².